The van der Waals surface area contributed by atoms with Crippen molar-refractivity contribution >= 4 is 5.97 Å². The maximum atomic E-state index is 10.8. The van der Waals surface area contributed by atoms with Crippen molar-refractivity contribution < 1.29 is 14.6 Å². The van der Waals surface area contributed by atoms with E-state index in [9.17, 15) is 4.79 Å². The number of rotatable bonds is 3. The second kappa shape index (κ2) is 4.61. The molecule has 0 aliphatic rings. The van der Waals surface area contributed by atoms with Crippen LogP contribution in [0.5, 0.6) is 11.6 Å². The van der Waals surface area contributed by atoms with Crippen LogP contribution in [0.1, 0.15) is 16.3 Å². The fourth-order valence-corrected chi connectivity index (χ4v) is 1.31. The fraction of sp³-hybridized carbons (Fsp3) is 0.0833. The summed E-state index contributed by atoms with van der Waals surface area (Å²) in [6, 6.07) is 10.3. The minimum absolute atomic E-state index is 0.0802. The number of ether oxygens (including phenoxy) is 1. The first-order valence-electron chi connectivity index (χ1n) is 4.97. The number of benzene rings is 1. The molecule has 0 spiro atoms. The molecule has 0 aliphatic heterocycles. The Hall–Kier alpha value is -2.43. The van der Waals surface area contributed by atoms with Gasteiger partial charge >= 0.3 is 5.97 Å². The molecule has 0 aliphatic carbocycles. The molecule has 1 heterocycles. The molecule has 0 fully saturated rings. The first kappa shape index (κ1) is 11.1. The number of carboxylic acid groups (broad SMARTS) is 1. The molecule has 1 aromatic carbocycles. The Bertz CT molecular complexity index is 541. The molecule has 0 unspecified atom stereocenters. The highest BCUT2D eigenvalue weighted by atomic mass is 16.5. The molecular weight excluding hydrogens is 220 g/mol. The van der Waals surface area contributed by atoms with Crippen molar-refractivity contribution in [1.29, 1.82) is 0 Å². The van der Waals surface area contributed by atoms with E-state index in [1.54, 1.807) is 19.1 Å². The monoisotopic (exact) mass is 230 g/mol. The molecule has 5 heteroatoms. The molecular formula is C12H10N2O3. The lowest BCUT2D eigenvalue weighted by molar-refractivity contribution is 0.0689. The third-order valence-electron chi connectivity index (χ3n) is 2.00. The molecule has 1 aromatic heterocycles. The number of aromatic carboxylic acids is 1. The van der Waals surface area contributed by atoms with Crippen LogP contribution in [0.4, 0.5) is 0 Å². The summed E-state index contributed by atoms with van der Waals surface area (Å²) >= 11 is 0. The van der Waals surface area contributed by atoms with E-state index in [1.807, 2.05) is 18.2 Å². The quantitative estimate of drug-likeness (QED) is 0.875. The van der Waals surface area contributed by atoms with Gasteiger partial charge in [-0.1, -0.05) is 18.2 Å². The zero-order chi connectivity index (χ0) is 12.3. The molecule has 0 atom stereocenters. The summed E-state index contributed by atoms with van der Waals surface area (Å²) in [6.45, 7) is 1.62. The molecule has 2 aromatic rings. The van der Waals surface area contributed by atoms with Gasteiger partial charge in [-0.25, -0.2) is 9.78 Å². The summed E-state index contributed by atoms with van der Waals surface area (Å²) in [5.74, 6) is 0.0762. The molecule has 17 heavy (non-hydrogen) atoms. The van der Waals surface area contributed by atoms with Gasteiger partial charge in [0.05, 0.1) is 0 Å². The number of nitrogens with zero attached hydrogens (tertiary/aromatic N) is 2. The van der Waals surface area contributed by atoms with Gasteiger partial charge in [-0.2, -0.15) is 4.98 Å². The minimum atomic E-state index is -1.10. The molecule has 1 N–H and O–H groups in total. The lowest BCUT2D eigenvalue weighted by atomic mass is 10.3. The Morgan fingerprint density at radius 1 is 1.24 bits per heavy atom. The van der Waals surface area contributed by atoms with Crippen molar-refractivity contribution in [1.82, 2.24) is 9.97 Å². The van der Waals surface area contributed by atoms with Crippen molar-refractivity contribution in [2.45, 2.75) is 6.92 Å². The predicted octanol–water partition coefficient (Wildman–Crippen LogP) is 2.28. The normalized spacial score (nSPS) is 9.94. The van der Waals surface area contributed by atoms with Crippen LogP contribution in [0, 0.1) is 6.92 Å². The molecule has 86 valence electrons. The van der Waals surface area contributed by atoms with Crippen LogP contribution in [0.2, 0.25) is 0 Å². The average Bonchev–Trinajstić information content (AvgIpc) is 2.29. The Morgan fingerprint density at radius 2 is 1.94 bits per heavy atom. The van der Waals surface area contributed by atoms with Crippen molar-refractivity contribution in [3.8, 4) is 11.6 Å². The van der Waals surface area contributed by atoms with Gasteiger partial charge in [0, 0.05) is 6.07 Å². The highest BCUT2D eigenvalue weighted by Crippen LogP contribution is 2.19. The van der Waals surface area contributed by atoms with Gasteiger partial charge in [-0.3, -0.25) is 0 Å². The van der Waals surface area contributed by atoms with Crippen molar-refractivity contribution in [2.24, 2.45) is 0 Å². The van der Waals surface area contributed by atoms with Crippen molar-refractivity contribution in [3.05, 3.63) is 47.9 Å². The van der Waals surface area contributed by atoms with Gasteiger partial charge in [-0.15, -0.1) is 0 Å². The molecule has 0 amide bonds. The van der Waals surface area contributed by atoms with Crippen LogP contribution in [0.3, 0.4) is 0 Å². The molecule has 0 bridgehead atoms. The van der Waals surface area contributed by atoms with Gasteiger partial charge in [0.2, 0.25) is 5.88 Å². The van der Waals surface area contributed by atoms with Gasteiger partial charge in [0.25, 0.3) is 0 Å². The minimum Gasteiger partial charge on any atom is -0.477 e. The van der Waals surface area contributed by atoms with Crippen LogP contribution < -0.4 is 4.74 Å². The van der Waals surface area contributed by atoms with Gasteiger partial charge in [0.15, 0.2) is 5.69 Å². The molecule has 0 saturated heterocycles. The van der Waals surface area contributed by atoms with Gasteiger partial charge < -0.3 is 9.84 Å². The summed E-state index contributed by atoms with van der Waals surface area (Å²) in [5.41, 5.74) is -0.0802. The number of carboxylic acids is 1. The number of aromatic nitrogens is 2. The highest BCUT2D eigenvalue weighted by Gasteiger charge is 2.09. The van der Waals surface area contributed by atoms with E-state index < -0.39 is 5.97 Å². The first-order valence-corrected chi connectivity index (χ1v) is 4.97. The van der Waals surface area contributed by atoms with Crippen LogP contribution >= 0.6 is 0 Å². The third kappa shape index (κ3) is 2.78. The van der Waals surface area contributed by atoms with Crippen LogP contribution in [-0.2, 0) is 0 Å². The Balaban J connectivity index is 2.30. The Kier molecular flexibility index (Phi) is 3.00. The van der Waals surface area contributed by atoms with Crippen LogP contribution in [0.25, 0.3) is 0 Å². The van der Waals surface area contributed by atoms with Crippen molar-refractivity contribution in [3.63, 3.8) is 0 Å². The van der Waals surface area contributed by atoms with Gasteiger partial charge in [0.1, 0.15) is 11.6 Å². The van der Waals surface area contributed by atoms with E-state index in [0.717, 1.165) is 0 Å². The summed E-state index contributed by atoms with van der Waals surface area (Å²) in [5, 5.41) is 8.85. The second-order valence-corrected chi connectivity index (χ2v) is 3.36. The highest BCUT2D eigenvalue weighted by molar-refractivity contribution is 5.85. The first-order chi connectivity index (χ1) is 8.15. The summed E-state index contributed by atoms with van der Waals surface area (Å²) in [7, 11) is 0. The molecule has 5 nitrogen and oxygen atoms in total. The zero-order valence-corrected chi connectivity index (χ0v) is 9.12. The van der Waals surface area contributed by atoms with Gasteiger partial charge in [-0.05, 0) is 19.1 Å². The van der Waals surface area contributed by atoms with E-state index in [1.165, 1.54) is 6.07 Å². The maximum Gasteiger partial charge on any atom is 0.354 e. The summed E-state index contributed by atoms with van der Waals surface area (Å²) < 4.78 is 5.44. The summed E-state index contributed by atoms with van der Waals surface area (Å²) in [6.07, 6.45) is 0. The lowest BCUT2D eigenvalue weighted by Crippen LogP contribution is -2.04. The summed E-state index contributed by atoms with van der Waals surface area (Å²) in [4.78, 5) is 18.6. The largest absolute Gasteiger partial charge is 0.477 e. The Labute approximate surface area is 97.7 Å². The van der Waals surface area contributed by atoms with E-state index in [4.69, 9.17) is 9.84 Å². The maximum absolute atomic E-state index is 10.8. The number of para-hydroxylation sites is 1. The molecule has 0 saturated carbocycles. The Morgan fingerprint density at radius 3 is 2.59 bits per heavy atom. The lowest BCUT2D eigenvalue weighted by Gasteiger charge is -2.05. The van der Waals surface area contributed by atoms with E-state index in [2.05, 4.69) is 9.97 Å². The number of aryl methyl sites for hydroxylation is 1. The van der Waals surface area contributed by atoms with E-state index >= 15 is 0 Å². The molecule has 2 rings (SSSR count). The second-order valence-electron chi connectivity index (χ2n) is 3.36. The van der Waals surface area contributed by atoms with Crippen molar-refractivity contribution in [2.75, 3.05) is 0 Å². The number of hydrogen-bond donors (Lipinski definition) is 1. The standard InChI is InChI=1S/C12H10N2O3/c1-8-13-10(12(15)16)7-11(14-8)17-9-5-3-2-4-6-9/h2-7H,1H3,(H,15,16). The number of hydrogen-bond acceptors (Lipinski definition) is 4. The molecule has 0 radical (unpaired) electrons. The van der Waals surface area contributed by atoms with Crippen LogP contribution in [0.15, 0.2) is 36.4 Å². The third-order valence-corrected chi connectivity index (χ3v) is 2.00. The topological polar surface area (TPSA) is 72.3 Å². The average molecular weight is 230 g/mol. The SMILES string of the molecule is Cc1nc(Oc2ccccc2)cc(C(=O)O)n1. The van der Waals surface area contributed by atoms with E-state index in [0.29, 0.717) is 11.6 Å². The zero-order valence-electron chi connectivity index (χ0n) is 9.12. The van der Waals surface area contributed by atoms with Crippen LogP contribution in [-0.4, -0.2) is 21.0 Å². The van der Waals surface area contributed by atoms with E-state index in [-0.39, 0.29) is 11.6 Å². The smallest absolute Gasteiger partial charge is 0.354 e. The fourth-order valence-electron chi connectivity index (χ4n) is 1.31. The number of carbonyl (C=O) groups is 1. The predicted molar refractivity (Wildman–Crippen MR) is 60.2 cm³/mol.